The summed E-state index contributed by atoms with van der Waals surface area (Å²) in [6.07, 6.45) is 0.0848. The molecule has 0 aromatic heterocycles. The Bertz CT molecular complexity index is 1200. The van der Waals surface area contributed by atoms with Crippen LogP contribution in [0.1, 0.15) is 6.42 Å². The summed E-state index contributed by atoms with van der Waals surface area (Å²) in [7, 11) is 1.34. The van der Waals surface area contributed by atoms with Gasteiger partial charge < -0.3 is 19.7 Å². The van der Waals surface area contributed by atoms with Crippen molar-refractivity contribution in [2.24, 2.45) is 0 Å². The van der Waals surface area contributed by atoms with Gasteiger partial charge in [-0.1, -0.05) is 36.0 Å². The number of nitro groups is 1. The molecule has 0 atom stereocenters. The normalized spacial score (nSPS) is 11.7. The highest BCUT2D eigenvalue weighted by Gasteiger charge is 2.23. The number of ether oxygens (including phenoxy) is 2. The molecule has 174 valence electrons. The Morgan fingerprint density at radius 3 is 2.29 bits per heavy atom. The summed E-state index contributed by atoms with van der Waals surface area (Å²) in [6.45, 7) is -0.0901. The summed E-state index contributed by atoms with van der Waals surface area (Å²) in [4.78, 5) is 39.2. The van der Waals surface area contributed by atoms with Crippen LogP contribution in [0.4, 0.5) is 22.7 Å². The second-order valence-corrected chi connectivity index (χ2v) is 8.37. The summed E-state index contributed by atoms with van der Waals surface area (Å²) in [5.74, 6) is -0.959. The highest BCUT2D eigenvalue weighted by atomic mass is 32.2. The molecule has 0 fully saturated rings. The number of carbonyl (C=O) groups is 2. The number of anilines is 3. The number of hydrogen-bond donors (Lipinski definition) is 1. The maximum Gasteiger partial charge on any atom is 0.308 e. The number of carbonyl (C=O) groups excluding carboxylic acids is 2. The van der Waals surface area contributed by atoms with E-state index in [4.69, 9.17) is 9.47 Å². The molecule has 10 heteroatoms. The number of non-ortho nitro benzene ring substituents is 1. The summed E-state index contributed by atoms with van der Waals surface area (Å²) in [6, 6.07) is 19.8. The van der Waals surface area contributed by atoms with E-state index in [0.717, 1.165) is 21.2 Å². The van der Waals surface area contributed by atoms with Crippen LogP contribution >= 0.6 is 11.8 Å². The number of nitrogens with zero attached hydrogens (tertiary/aromatic N) is 2. The third-order valence-corrected chi connectivity index (χ3v) is 6.24. The van der Waals surface area contributed by atoms with Crippen molar-refractivity contribution < 1.29 is 24.0 Å². The minimum atomic E-state index is -0.578. The van der Waals surface area contributed by atoms with Crippen molar-refractivity contribution in [1.29, 1.82) is 0 Å². The summed E-state index contributed by atoms with van der Waals surface area (Å²) in [5.41, 5.74) is 2.11. The number of para-hydroxylation sites is 2. The van der Waals surface area contributed by atoms with Gasteiger partial charge in [-0.25, -0.2) is 0 Å². The maximum atomic E-state index is 12.4. The molecule has 1 amide bonds. The van der Waals surface area contributed by atoms with Gasteiger partial charge in [0.05, 0.1) is 41.6 Å². The van der Waals surface area contributed by atoms with Crippen molar-refractivity contribution in [3.63, 3.8) is 0 Å². The van der Waals surface area contributed by atoms with Gasteiger partial charge in [-0.3, -0.25) is 19.7 Å². The zero-order chi connectivity index (χ0) is 24.1. The van der Waals surface area contributed by atoms with E-state index in [2.05, 4.69) is 10.2 Å². The zero-order valence-electron chi connectivity index (χ0n) is 18.2. The van der Waals surface area contributed by atoms with Gasteiger partial charge in [0.15, 0.2) is 6.61 Å². The first-order chi connectivity index (χ1) is 16.5. The minimum absolute atomic E-state index is 0.0848. The number of amides is 1. The fraction of sp³-hybridized carbons (Fsp3) is 0.167. The molecule has 0 aliphatic carbocycles. The lowest BCUT2D eigenvalue weighted by Gasteiger charge is -2.32. The number of hydrogen-bond acceptors (Lipinski definition) is 8. The largest absolute Gasteiger partial charge is 0.494 e. The van der Waals surface area contributed by atoms with E-state index in [1.807, 2.05) is 48.5 Å². The number of benzene rings is 3. The number of nitrogens with one attached hydrogen (secondary N) is 1. The lowest BCUT2D eigenvalue weighted by molar-refractivity contribution is -0.384. The van der Waals surface area contributed by atoms with E-state index in [9.17, 15) is 19.7 Å². The lowest BCUT2D eigenvalue weighted by atomic mass is 10.2. The molecule has 1 aliphatic rings. The molecule has 1 N–H and O–H groups in total. The highest BCUT2D eigenvalue weighted by Crippen LogP contribution is 2.47. The van der Waals surface area contributed by atoms with Gasteiger partial charge >= 0.3 is 5.97 Å². The Morgan fingerprint density at radius 2 is 1.68 bits per heavy atom. The van der Waals surface area contributed by atoms with E-state index >= 15 is 0 Å². The SMILES string of the molecule is COc1cc([N+](=O)[O-])ccc1NC(=O)COC(=O)CCN1c2ccccc2Sc2ccccc21. The van der Waals surface area contributed by atoms with Crippen LogP contribution in [0.25, 0.3) is 0 Å². The Morgan fingerprint density at radius 1 is 1.03 bits per heavy atom. The second-order valence-electron chi connectivity index (χ2n) is 7.29. The Hall–Kier alpha value is -4.05. The Kier molecular flexibility index (Phi) is 6.98. The monoisotopic (exact) mass is 479 g/mol. The fourth-order valence-electron chi connectivity index (χ4n) is 3.53. The molecule has 3 aromatic carbocycles. The molecule has 4 rings (SSSR count). The third kappa shape index (κ3) is 5.12. The minimum Gasteiger partial charge on any atom is -0.494 e. The van der Waals surface area contributed by atoms with E-state index in [0.29, 0.717) is 6.54 Å². The summed E-state index contributed by atoms with van der Waals surface area (Å²) in [5, 5.41) is 13.4. The predicted octanol–water partition coefficient (Wildman–Crippen LogP) is 4.78. The van der Waals surface area contributed by atoms with Crippen molar-refractivity contribution in [2.45, 2.75) is 16.2 Å². The van der Waals surface area contributed by atoms with Gasteiger partial charge in [-0.05, 0) is 30.3 Å². The molecule has 0 saturated carbocycles. The average Bonchev–Trinajstić information content (AvgIpc) is 2.85. The van der Waals surface area contributed by atoms with Crippen LogP contribution < -0.4 is 15.0 Å². The van der Waals surface area contributed by atoms with Crippen LogP contribution in [-0.4, -0.2) is 37.1 Å². The number of esters is 1. The number of methoxy groups -OCH3 is 1. The molecular formula is C24H21N3O6S. The van der Waals surface area contributed by atoms with Crippen molar-refractivity contribution in [2.75, 3.05) is 30.5 Å². The average molecular weight is 480 g/mol. The molecule has 1 aliphatic heterocycles. The van der Waals surface area contributed by atoms with Gasteiger partial charge in [-0.15, -0.1) is 0 Å². The number of rotatable bonds is 8. The number of fused-ring (bicyclic) bond motifs is 2. The highest BCUT2D eigenvalue weighted by molar-refractivity contribution is 7.99. The number of nitro benzene ring substituents is 1. The van der Waals surface area contributed by atoms with E-state index in [1.165, 1.54) is 25.3 Å². The Labute approximate surface area is 199 Å². The quantitative estimate of drug-likeness (QED) is 0.279. The van der Waals surface area contributed by atoms with Crippen LogP contribution in [0.3, 0.4) is 0 Å². The van der Waals surface area contributed by atoms with E-state index in [1.54, 1.807) is 11.8 Å². The molecule has 0 saturated heterocycles. The molecule has 3 aromatic rings. The molecule has 0 radical (unpaired) electrons. The second kappa shape index (κ2) is 10.3. The zero-order valence-corrected chi connectivity index (χ0v) is 19.0. The van der Waals surface area contributed by atoms with Gasteiger partial charge in [-0.2, -0.15) is 0 Å². The molecule has 0 unspecified atom stereocenters. The first kappa shape index (κ1) is 23.1. The van der Waals surface area contributed by atoms with Crippen molar-refractivity contribution in [1.82, 2.24) is 0 Å². The van der Waals surface area contributed by atoms with Crippen molar-refractivity contribution in [3.8, 4) is 5.75 Å². The molecule has 0 bridgehead atoms. The van der Waals surface area contributed by atoms with Crippen LogP contribution in [0, 0.1) is 10.1 Å². The lowest BCUT2D eigenvalue weighted by Crippen LogP contribution is -2.26. The van der Waals surface area contributed by atoms with Gasteiger partial charge in [0.25, 0.3) is 11.6 Å². The molecule has 1 heterocycles. The molecule has 9 nitrogen and oxygen atoms in total. The van der Waals surface area contributed by atoms with Gasteiger partial charge in [0.2, 0.25) is 0 Å². The fourth-order valence-corrected chi connectivity index (χ4v) is 4.62. The standard InChI is InChI=1S/C24H21N3O6S/c1-32-20-14-16(27(30)31)10-11-17(20)25-23(28)15-33-24(29)12-13-26-18-6-2-4-8-21(18)34-22-9-5-3-7-19(22)26/h2-11,14H,12-13,15H2,1H3,(H,25,28). The van der Waals surface area contributed by atoms with Crippen LogP contribution in [0.15, 0.2) is 76.5 Å². The van der Waals surface area contributed by atoms with Crippen LogP contribution in [-0.2, 0) is 14.3 Å². The summed E-state index contributed by atoms with van der Waals surface area (Å²) >= 11 is 1.68. The van der Waals surface area contributed by atoms with Crippen molar-refractivity contribution in [3.05, 3.63) is 76.8 Å². The van der Waals surface area contributed by atoms with E-state index < -0.39 is 23.4 Å². The first-order valence-corrected chi connectivity index (χ1v) is 11.2. The summed E-state index contributed by atoms with van der Waals surface area (Å²) < 4.78 is 10.2. The Balaban J connectivity index is 1.34. The predicted molar refractivity (Wildman–Crippen MR) is 128 cm³/mol. The topological polar surface area (TPSA) is 111 Å². The van der Waals surface area contributed by atoms with Gasteiger partial charge in [0, 0.05) is 22.4 Å². The smallest absolute Gasteiger partial charge is 0.308 e. The van der Waals surface area contributed by atoms with Crippen LogP contribution in [0.5, 0.6) is 5.75 Å². The molecule has 0 spiro atoms. The molecular weight excluding hydrogens is 458 g/mol. The van der Waals surface area contributed by atoms with Crippen LogP contribution in [0.2, 0.25) is 0 Å². The third-order valence-electron chi connectivity index (χ3n) is 5.11. The van der Waals surface area contributed by atoms with Crippen molar-refractivity contribution >= 4 is 46.4 Å². The van der Waals surface area contributed by atoms with E-state index in [-0.39, 0.29) is 23.5 Å². The first-order valence-electron chi connectivity index (χ1n) is 10.4. The molecule has 34 heavy (non-hydrogen) atoms. The maximum absolute atomic E-state index is 12.4. The van der Waals surface area contributed by atoms with Gasteiger partial charge in [0.1, 0.15) is 5.75 Å².